The lowest BCUT2D eigenvalue weighted by Crippen LogP contribution is -2.31. The average Bonchev–Trinajstić information content (AvgIpc) is 2.48. The minimum absolute atomic E-state index is 0.0237. The molecule has 2 atom stereocenters. The van der Waals surface area contributed by atoms with Crippen LogP contribution in [0.3, 0.4) is 0 Å². The summed E-state index contributed by atoms with van der Waals surface area (Å²) in [5, 5.41) is 0. The highest BCUT2D eigenvalue weighted by molar-refractivity contribution is 9.10. The van der Waals surface area contributed by atoms with Crippen molar-refractivity contribution < 1.29 is 4.42 Å². The fourth-order valence-corrected chi connectivity index (χ4v) is 4.26. The summed E-state index contributed by atoms with van der Waals surface area (Å²) in [5.41, 5.74) is 1.21. The summed E-state index contributed by atoms with van der Waals surface area (Å²) in [7, 11) is 0. The minimum Gasteiger partial charge on any atom is -0.427 e. The van der Waals surface area contributed by atoms with E-state index in [1.54, 1.807) is 6.07 Å². The summed E-state index contributed by atoms with van der Waals surface area (Å²) in [5.74, 6) is 1.44. The van der Waals surface area contributed by atoms with Gasteiger partial charge in [0.15, 0.2) is 0 Å². The van der Waals surface area contributed by atoms with Crippen molar-refractivity contribution in [1.82, 2.24) is 0 Å². The van der Waals surface area contributed by atoms with Gasteiger partial charge in [-0.2, -0.15) is 0 Å². The highest BCUT2D eigenvalue weighted by atomic mass is 79.9. The van der Waals surface area contributed by atoms with Crippen LogP contribution in [0.25, 0.3) is 0 Å². The third kappa shape index (κ3) is 0.963. The second-order valence-corrected chi connectivity index (χ2v) is 6.66. The van der Waals surface area contributed by atoms with Gasteiger partial charge in [-0.25, -0.2) is 4.79 Å². The van der Waals surface area contributed by atoms with Crippen LogP contribution in [0.4, 0.5) is 0 Å². The molecule has 0 spiro atoms. The molecule has 1 aromatic heterocycles. The van der Waals surface area contributed by atoms with Crippen LogP contribution >= 0.6 is 15.9 Å². The largest absolute Gasteiger partial charge is 0.427 e. The smallest absolute Gasteiger partial charge is 0.337 e. The van der Waals surface area contributed by atoms with Gasteiger partial charge in [-0.15, -0.1) is 0 Å². The Labute approximate surface area is 103 Å². The first-order chi connectivity index (χ1) is 7.38. The molecule has 0 unspecified atom stereocenters. The van der Waals surface area contributed by atoms with Gasteiger partial charge in [0.2, 0.25) is 0 Å². The van der Waals surface area contributed by atoms with Crippen molar-refractivity contribution in [2.45, 2.75) is 44.9 Å². The van der Waals surface area contributed by atoms with Crippen molar-refractivity contribution in [3.63, 3.8) is 0 Å². The maximum Gasteiger partial charge on any atom is 0.337 e. The maximum atomic E-state index is 11.5. The molecule has 3 rings (SSSR count). The molecule has 3 heteroatoms. The summed E-state index contributed by atoms with van der Waals surface area (Å²) >= 11 is 3.52. The number of fused-ring (bicyclic) bond motifs is 5. The Morgan fingerprint density at radius 2 is 2.12 bits per heavy atom. The molecule has 2 bridgehead atoms. The zero-order valence-electron chi connectivity index (χ0n) is 9.76. The molecule has 0 aromatic carbocycles. The summed E-state index contributed by atoms with van der Waals surface area (Å²) < 4.78 is 6.42. The molecule has 86 valence electrons. The predicted molar refractivity (Wildman–Crippen MR) is 65.8 cm³/mol. The van der Waals surface area contributed by atoms with E-state index in [2.05, 4.69) is 36.7 Å². The van der Waals surface area contributed by atoms with Gasteiger partial charge >= 0.3 is 5.63 Å². The van der Waals surface area contributed by atoms with E-state index in [1.807, 2.05) is 0 Å². The van der Waals surface area contributed by atoms with Gasteiger partial charge in [-0.1, -0.05) is 36.7 Å². The third-order valence-electron chi connectivity index (χ3n) is 5.03. The fourth-order valence-electron chi connectivity index (χ4n) is 3.62. The maximum absolute atomic E-state index is 11.5. The van der Waals surface area contributed by atoms with E-state index in [9.17, 15) is 4.79 Å². The van der Waals surface area contributed by atoms with E-state index >= 15 is 0 Å². The van der Waals surface area contributed by atoms with Crippen molar-refractivity contribution in [2.75, 3.05) is 0 Å². The minimum atomic E-state index is -0.241. The molecule has 1 fully saturated rings. The molecular formula is C13H15BrO2. The van der Waals surface area contributed by atoms with Gasteiger partial charge in [0, 0.05) is 21.5 Å². The van der Waals surface area contributed by atoms with Crippen molar-refractivity contribution in [1.29, 1.82) is 0 Å². The number of hydrogen-bond acceptors (Lipinski definition) is 2. The van der Waals surface area contributed by atoms with E-state index in [0.29, 0.717) is 5.92 Å². The van der Waals surface area contributed by atoms with Gasteiger partial charge in [0.05, 0.1) is 0 Å². The second-order valence-electron chi connectivity index (χ2n) is 5.80. The second kappa shape index (κ2) is 2.81. The Kier molecular flexibility index (Phi) is 1.86. The SMILES string of the molecule is CC1(C)[C@@H]2CC[C@]1(C)c1oc(=O)cc(Br)c12. The fraction of sp³-hybridized carbons (Fsp3) is 0.615. The van der Waals surface area contributed by atoms with Gasteiger partial charge < -0.3 is 4.42 Å². The number of rotatable bonds is 0. The topological polar surface area (TPSA) is 30.2 Å². The van der Waals surface area contributed by atoms with Crippen molar-refractivity contribution in [3.8, 4) is 0 Å². The molecular weight excluding hydrogens is 268 g/mol. The molecule has 0 radical (unpaired) electrons. The van der Waals surface area contributed by atoms with Crippen LogP contribution in [-0.4, -0.2) is 0 Å². The number of hydrogen-bond donors (Lipinski definition) is 0. The van der Waals surface area contributed by atoms with Crippen molar-refractivity contribution >= 4 is 15.9 Å². The quantitative estimate of drug-likeness (QED) is 0.728. The van der Waals surface area contributed by atoms with Gasteiger partial charge in [-0.05, 0) is 24.2 Å². The van der Waals surface area contributed by atoms with Crippen molar-refractivity contribution in [2.24, 2.45) is 5.41 Å². The highest BCUT2D eigenvalue weighted by Crippen LogP contribution is 2.68. The van der Waals surface area contributed by atoms with Crippen LogP contribution in [-0.2, 0) is 5.41 Å². The van der Waals surface area contributed by atoms with Gasteiger partial charge in [0.25, 0.3) is 0 Å². The average molecular weight is 283 g/mol. The van der Waals surface area contributed by atoms with E-state index in [1.165, 1.54) is 12.0 Å². The standard InChI is InChI=1S/C13H15BrO2/c1-12(2)7-4-5-13(12,3)11-10(7)8(14)6-9(15)16-11/h6-7H,4-5H2,1-3H3/t7-,13-/m1/s1. The lowest BCUT2D eigenvalue weighted by atomic mass is 9.70. The molecule has 1 aromatic rings. The Bertz CT molecular complexity index is 529. The summed E-state index contributed by atoms with van der Waals surface area (Å²) in [6.07, 6.45) is 2.32. The van der Waals surface area contributed by atoms with Gasteiger partial charge in [-0.3, -0.25) is 0 Å². The van der Waals surface area contributed by atoms with Crippen molar-refractivity contribution in [3.05, 3.63) is 32.3 Å². The zero-order chi connectivity index (χ0) is 11.7. The summed E-state index contributed by atoms with van der Waals surface area (Å²) in [6.45, 7) is 6.81. The predicted octanol–water partition coefficient (Wildman–Crippen LogP) is 3.58. The molecule has 2 nitrogen and oxygen atoms in total. The molecule has 16 heavy (non-hydrogen) atoms. The molecule has 1 saturated carbocycles. The molecule has 1 heterocycles. The molecule has 0 saturated heterocycles. The van der Waals surface area contributed by atoms with E-state index in [-0.39, 0.29) is 16.5 Å². The van der Waals surface area contributed by atoms with Crippen LogP contribution in [0.1, 0.15) is 50.9 Å². The van der Waals surface area contributed by atoms with Crippen LogP contribution in [0, 0.1) is 5.41 Å². The third-order valence-corrected chi connectivity index (χ3v) is 5.68. The van der Waals surface area contributed by atoms with E-state index in [4.69, 9.17) is 4.42 Å². The van der Waals surface area contributed by atoms with Gasteiger partial charge in [0.1, 0.15) is 5.76 Å². The van der Waals surface area contributed by atoms with E-state index in [0.717, 1.165) is 16.7 Å². The van der Waals surface area contributed by atoms with Crippen LogP contribution in [0.15, 0.2) is 19.8 Å². The molecule has 2 aliphatic carbocycles. The summed E-state index contributed by atoms with van der Waals surface area (Å²) in [6, 6.07) is 1.55. The summed E-state index contributed by atoms with van der Waals surface area (Å²) in [4.78, 5) is 11.5. The lowest BCUT2D eigenvalue weighted by molar-refractivity contribution is 0.201. The number of halogens is 1. The van der Waals surface area contributed by atoms with Crippen LogP contribution in [0.2, 0.25) is 0 Å². The zero-order valence-corrected chi connectivity index (χ0v) is 11.3. The first kappa shape index (κ1) is 10.6. The first-order valence-corrected chi connectivity index (χ1v) is 6.51. The lowest BCUT2D eigenvalue weighted by Gasteiger charge is -2.33. The normalized spacial score (nSPS) is 34.1. The molecule has 0 N–H and O–H groups in total. The van der Waals surface area contributed by atoms with E-state index < -0.39 is 0 Å². The monoisotopic (exact) mass is 282 g/mol. The van der Waals surface area contributed by atoms with Crippen LogP contribution in [0.5, 0.6) is 0 Å². The van der Waals surface area contributed by atoms with Crippen LogP contribution < -0.4 is 5.63 Å². The first-order valence-electron chi connectivity index (χ1n) is 5.72. The Morgan fingerprint density at radius 3 is 2.81 bits per heavy atom. The highest BCUT2D eigenvalue weighted by Gasteiger charge is 2.62. The Balaban J connectivity index is 2.38. The Morgan fingerprint density at radius 1 is 1.44 bits per heavy atom. The molecule has 0 amide bonds. The molecule has 0 aliphatic heterocycles. The Hall–Kier alpha value is -0.570. The molecule has 2 aliphatic rings.